The van der Waals surface area contributed by atoms with Crippen molar-refractivity contribution in [3.8, 4) is 5.75 Å². The second kappa shape index (κ2) is 7.68. The van der Waals surface area contributed by atoms with Crippen LogP contribution in [0.1, 0.15) is 11.1 Å². The fourth-order valence-corrected chi connectivity index (χ4v) is 3.70. The molecule has 3 aromatic rings. The van der Waals surface area contributed by atoms with E-state index in [9.17, 15) is 13.0 Å². The summed E-state index contributed by atoms with van der Waals surface area (Å²) < 4.78 is 37.8. The van der Waals surface area contributed by atoms with Crippen molar-refractivity contribution < 1.29 is 17.7 Å². The SMILES string of the molecule is O=S(=O)(O)c1ccc2c3c(ccc2c1)OCN(Cc1ccccc1)C3.[Na]. The van der Waals surface area contributed by atoms with E-state index in [4.69, 9.17) is 4.74 Å². The molecule has 0 saturated heterocycles. The summed E-state index contributed by atoms with van der Waals surface area (Å²) in [6.07, 6.45) is 0. The second-order valence-electron chi connectivity index (χ2n) is 6.15. The van der Waals surface area contributed by atoms with Crippen molar-refractivity contribution in [2.75, 3.05) is 6.73 Å². The molecule has 0 spiro atoms. The maximum absolute atomic E-state index is 11.3. The summed E-state index contributed by atoms with van der Waals surface area (Å²) in [6, 6.07) is 18.5. The van der Waals surface area contributed by atoms with E-state index in [0.717, 1.165) is 28.6 Å². The molecule has 0 amide bonds. The van der Waals surface area contributed by atoms with Gasteiger partial charge in [0, 0.05) is 48.2 Å². The van der Waals surface area contributed by atoms with Crippen LogP contribution in [0.15, 0.2) is 65.6 Å². The Hall–Kier alpha value is -1.41. The first kappa shape index (κ1) is 19.4. The van der Waals surface area contributed by atoms with E-state index in [1.54, 1.807) is 6.07 Å². The largest absolute Gasteiger partial charge is 0.478 e. The van der Waals surface area contributed by atoms with Crippen LogP contribution in [0.3, 0.4) is 0 Å². The summed E-state index contributed by atoms with van der Waals surface area (Å²) in [5.74, 6) is 0.816. The maximum atomic E-state index is 11.3. The Morgan fingerprint density at radius 3 is 2.54 bits per heavy atom. The number of hydrogen-bond acceptors (Lipinski definition) is 4. The molecule has 0 unspecified atom stereocenters. The van der Waals surface area contributed by atoms with Crippen LogP contribution in [-0.4, -0.2) is 54.2 Å². The Morgan fingerprint density at radius 1 is 1.04 bits per heavy atom. The smallest absolute Gasteiger partial charge is 0.294 e. The summed E-state index contributed by atoms with van der Waals surface area (Å²) in [7, 11) is -4.21. The number of nitrogens with zero attached hydrogens (tertiary/aromatic N) is 1. The zero-order valence-electron chi connectivity index (χ0n) is 14.4. The van der Waals surface area contributed by atoms with Gasteiger partial charge in [0.05, 0.1) is 4.90 Å². The predicted molar refractivity (Wildman–Crippen MR) is 101 cm³/mol. The first-order chi connectivity index (χ1) is 12.0. The summed E-state index contributed by atoms with van der Waals surface area (Å²) in [6.45, 7) is 2.00. The molecule has 0 aliphatic carbocycles. The van der Waals surface area contributed by atoms with Crippen molar-refractivity contribution >= 4 is 50.4 Å². The Morgan fingerprint density at radius 2 is 1.81 bits per heavy atom. The zero-order valence-corrected chi connectivity index (χ0v) is 17.2. The van der Waals surface area contributed by atoms with Gasteiger partial charge in [0.15, 0.2) is 0 Å². The molecule has 0 aromatic heterocycles. The molecule has 1 radical (unpaired) electrons. The van der Waals surface area contributed by atoms with Gasteiger partial charge in [0.2, 0.25) is 0 Å². The first-order valence-electron chi connectivity index (χ1n) is 7.93. The van der Waals surface area contributed by atoms with Gasteiger partial charge < -0.3 is 4.74 Å². The monoisotopic (exact) mass is 378 g/mol. The Kier molecular flexibility index (Phi) is 5.72. The minimum atomic E-state index is -4.21. The molecule has 1 aliphatic heterocycles. The number of hydrogen-bond donors (Lipinski definition) is 1. The molecule has 5 nitrogen and oxygen atoms in total. The molecule has 129 valence electrons. The Balaban J connectivity index is 0.00000196. The van der Waals surface area contributed by atoms with Crippen LogP contribution in [0.5, 0.6) is 5.75 Å². The van der Waals surface area contributed by atoms with E-state index < -0.39 is 10.1 Å². The third-order valence-electron chi connectivity index (χ3n) is 4.39. The molecule has 0 atom stereocenters. The van der Waals surface area contributed by atoms with Gasteiger partial charge in [0.25, 0.3) is 10.1 Å². The van der Waals surface area contributed by atoms with Gasteiger partial charge in [-0.3, -0.25) is 9.45 Å². The van der Waals surface area contributed by atoms with E-state index >= 15 is 0 Å². The second-order valence-corrected chi connectivity index (χ2v) is 7.57. The van der Waals surface area contributed by atoms with Gasteiger partial charge in [-0.1, -0.05) is 42.5 Å². The van der Waals surface area contributed by atoms with Crippen molar-refractivity contribution in [2.24, 2.45) is 0 Å². The summed E-state index contributed by atoms with van der Waals surface area (Å²) in [4.78, 5) is 2.09. The normalized spacial score (nSPS) is 14.3. The standard InChI is InChI=1S/C19H17NO4S.Na/c21-25(22,23)16-7-8-17-15(10-16)6-9-19-18(17)12-20(13-24-19)11-14-4-2-1-3-5-14;/h1-10H,11-13H2,(H,21,22,23);. The average molecular weight is 378 g/mol. The molecule has 0 bridgehead atoms. The Labute approximate surface area is 174 Å². The fourth-order valence-electron chi connectivity index (χ4n) is 3.18. The van der Waals surface area contributed by atoms with Gasteiger partial charge in [-0.15, -0.1) is 0 Å². The van der Waals surface area contributed by atoms with Crippen LogP contribution in [0.2, 0.25) is 0 Å². The molecule has 26 heavy (non-hydrogen) atoms. The molecule has 0 saturated carbocycles. The van der Waals surface area contributed by atoms with E-state index in [2.05, 4.69) is 17.0 Å². The van der Waals surface area contributed by atoms with Crippen LogP contribution < -0.4 is 4.74 Å². The molecule has 1 N–H and O–H groups in total. The van der Waals surface area contributed by atoms with Crippen molar-refractivity contribution in [1.29, 1.82) is 0 Å². The summed E-state index contributed by atoms with van der Waals surface area (Å²) in [5.41, 5.74) is 2.24. The summed E-state index contributed by atoms with van der Waals surface area (Å²) >= 11 is 0. The van der Waals surface area contributed by atoms with E-state index in [0.29, 0.717) is 13.3 Å². The van der Waals surface area contributed by atoms with Gasteiger partial charge in [-0.25, -0.2) is 0 Å². The van der Waals surface area contributed by atoms with E-state index in [1.807, 2.05) is 30.3 Å². The Bertz CT molecular complexity index is 1040. The van der Waals surface area contributed by atoms with Crippen molar-refractivity contribution in [2.45, 2.75) is 18.0 Å². The van der Waals surface area contributed by atoms with Gasteiger partial charge >= 0.3 is 0 Å². The third-order valence-corrected chi connectivity index (χ3v) is 5.24. The number of ether oxygens (including phenoxy) is 1. The molecule has 7 heteroatoms. The molecule has 4 rings (SSSR count). The van der Waals surface area contributed by atoms with Crippen LogP contribution in [0.25, 0.3) is 10.8 Å². The van der Waals surface area contributed by atoms with Crippen LogP contribution in [0, 0.1) is 0 Å². The fraction of sp³-hybridized carbons (Fsp3) is 0.158. The first-order valence-corrected chi connectivity index (χ1v) is 9.37. The zero-order chi connectivity index (χ0) is 17.4. The molecule has 1 heterocycles. The van der Waals surface area contributed by atoms with Crippen molar-refractivity contribution in [1.82, 2.24) is 4.90 Å². The van der Waals surface area contributed by atoms with E-state index in [-0.39, 0.29) is 34.5 Å². The predicted octanol–water partition coefficient (Wildman–Crippen LogP) is 3.06. The number of rotatable bonds is 3. The molecular weight excluding hydrogens is 361 g/mol. The van der Waals surface area contributed by atoms with Crippen LogP contribution in [-0.2, 0) is 23.2 Å². The van der Waals surface area contributed by atoms with Crippen molar-refractivity contribution in [3.05, 3.63) is 71.8 Å². The quantitative estimate of drug-likeness (QED) is 0.561. The average Bonchev–Trinajstić information content (AvgIpc) is 2.61. The topological polar surface area (TPSA) is 66.8 Å². The van der Waals surface area contributed by atoms with Crippen LogP contribution in [0.4, 0.5) is 0 Å². The van der Waals surface area contributed by atoms with Gasteiger partial charge in [-0.05, 0) is 34.5 Å². The van der Waals surface area contributed by atoms with Gasteiger partial charge in [-0.2, -0.15) is 8.42 Å². The van der Waals surface area contributed by atoms with Gasteiger partial charge in [0.1, 0.15) is 12.5 Å². The van der Waals surface area contributed by atoms with Crippen molar-refractivity contribution in [3.63, 3.8) is 0 Å². The number of benzene rings is 3. The molecule has 1 aliphatic rings. The third kappa shape index (κ3) is 3.96. The van der Waals surface area contributed by atoms with Crippen LogP contribution >= 0.6 is 0 Å². The minimum absolute atomic E-state index is 0. The molecule has 0 fully saturated rings. The minimum Gasteiger partial charge on any atom is -0.478 e. The maximum Gasteiger partial charge on any atom is 0.294 e. The summed E-state index contributed by atoms with van der Waals surface area (Å²) in [5, 5.41) is 1.70. The molecule has 3 aromatic carbocycles. The number of fused-ring (bicyclic) bond motifs is 3. The van der Waals surface area contributed by atoms with E-state index in [1.165, 1.54) is 17.7 Å². The molecular formula is C19H17NNaO4S.